The van der Waals surface area contributed by atoms with Gasteiger partial charge in [-0.3, -0.25) is 0 Å². The molecule has 0 aliphatic heterocycles. The lowest BCUT2D eigenvalue weighted by Gasteiger charge is -2.03. The van der Waals surface area contributed by atoms with Crippen LogP contribution in [-0.2, 0) is 0 Å². The number of nitrogens with zero attached hydrogens (tertiary/aromatic N) is 4. The van der Waals surface area contributed by atoms with Crippen molar-refractivity contribution in [2.45, 2.75) is 0 Å². The first kappa shape index (κ1) is 13.5. The molecule has 102 valence electrons. The van der Waals surface area contributed by atoms with Gasteiger partial charge in [-0.15, -0.1) is 10.2 Å². The van der Waals surface area contributed by atoms with Gasteiger partial charge in [0.25, 0.3) is 0 Å². The van der Waals surface area contributed by atoms with E-state index >= 15 is 0 Å². The van der Waals surface area contributed by atoms with Crippen molar-refractivity contribution in [3.8, 4) is 34.7 Å². The Balaban J connectivity index is 1.88. The van der Waals surface area contributed by atoms with Crippen LogP contribution in [-0.4, -0.2) is 10.2 Å². The van der Waals surface area contributed by atoms with E-state index in [0.29, 0.717) is 11.1 Å². The minimum absolute atomic E-state index is 0.617. The lowest BCUT2D eigenvalue weighted by Crippen LogP contribution is -1.91. The Hall–Kier alpha value is -3.50. The summed E-state index contributed by atoms with van der Waals surface area (Å²) in [5.74, 6) is 0. The van der Waals surface area contributed by atoms with E-state index in [2.05, 4.69) is 22.3 Å². The van der Waals surface area contributed by atoms with Gasteiger partial charge >= 0.3 is 0 Å². The molecule has 2 aromatic carbocycles. The highest BCUT2D eigenvalue weighted by Crippen LogP contribution is 2.21. The minimum atomic E-state index is 0.617. The predicted octanol–water partition coefficient (Wildman–Crippen LogP) is 3.55. The average Bonchev–Trinajstić information content (AvgIpc) is 2.62. The highest BCUT2D eigenvalue weighted by Gasteiger charge is 2.04. The third-order valence-electron chi connectivity index (χ3n) is 3.28. The molecule has 3 rings (SSSR count). The second-order valence-electron chi connectivity index (χ2n) is 4.68. The molecule has 0 aliphatic rings. The Labute approximate surface area is 127 Å². The van der Waals surface area contributed by atoms with Crippen LogP contribution in [0.25, 0.3) is 22.5 Å². The monoisotopic (exact) mass is 282 g/mol. The summed E-state index contributed by atoms with van der Waals surface area (Å²) >= 11 is 0. The van der Waals surface area contributed by atoms with Gasteiger partial charge in [0.15, 0.2) is 0 Å². The third-order valence-corrected chi connectivity index (χ3v) is 3.28. The van der Waals surface area contributed by atoms with Crippen molar-refractivity contribution >= 4 is 0 Å². The molecule has 22 heavy (non-hydrogen) atoms. The zero-order chi connectivity index (χ0) is 15.4. The molecule has 0 fully saturated rings. The van der Waals surface area contributed by atoms with E-state index in [1.165, 1.54) is 0 Å². The quantitative estimate of drug-likeness (QED) is 0.720. The zero-order valence-electron chi connectivity index (χ0n) is 11.6. The average molecular weight is 282 g/mol. The van der Waals surface area contributed by atoms with Crippen molar-refractivity contribution in [2.24, 2.45) is 0 Å². The van der Waals surface area contributed by atoms with E-state index < -0.39 is 0 Å². The van der Waals surface area contributed by atoms with Crippen molar-refractivity contribution in [3.63, 3.8) is 0 Å². The number of nitriles is 2. The molecule has 0 aliphatic carbocycles. The standard InChI is InChI=1S/C18H10N4/c19-11-13-1-5-15(6-2-13)17-9-10-18(22-21-17)16-7-3-14(12-20)4-8-16/h1-10H. The lowest BCUT2D eigenvalue weighted by atomic mass is 10.1. The van der Waals surface area contributed by atoms with Crippen molar-refractivity contribution in [3.05, 3.63) is 71.8 Å². The second-order valence-corrected chi connectivity index (χ2v) is 4.68. The minimum Gasteiger partial charge on any atom is -0.192 e. The van der Waals surface area contributed by atoms with Gasteiger partial charge in [0, 0.05) is 11.1 Å². The Bertz CT molecular complexity index is 788. The van der Waals surface area contributed by atoms with Gasteiger partial charge < -0.3 is 0 Å². The molecule has 0 saturated heterocycles. The van der Waals surface area contributed by atoms with Crippen molar-refractivity contribution < 1.29 is 0 Å². The van der Waals surface area contributed by atoms with Crippen LogP contribution in [0.5, 0.6) is 0 Å². The van der Waals surface area contributed by atoms with Crippen molar-refractivity contribution in [1.29, 1.82) is 10.5 Å². The molecule has 4 heteroatoms. The number of rotatable bonds is 2. The van der Waals surface area contributed by atoms with Crippen LogP contribution in [0.1, 0.15) is 11.1 Å². The number of benzene rings is 2. The summed E-state index contributed by atoms with van der Waals surface area (Å²) in [6.07, 6.45) is 0. The first-order chi connectivity index (χ1) is 10.8. The van der Waals surface area contributed by atoms with Crippen LogP contribution in [0.2, 0.25) is 0 Å². The molecule has 0 N–H and O–H groups in total. The van der Waals surface area contributed by atoms with E-state index in [4.69, 9.17) is 10.5 Å². The van der Waals surface area contributed by atoms with Crippen molar-refractivity contribution in [2.75, 3.05) is 0 Å². The Morgan fingerprint density at radius 3 is 1.18 bits per heavy atom. The Kier molecular flexibility index (Phi) is 3.59. The summed E-state index contributed by atoms with van der Waals surface area (Å²) in [5, 5.41) is 26.1. The van der Waals surface area contributed by atoms with Gasteiger partial charge in [-0.2, -0.15) is 10.5 Å². The lowest BCUT2D eigenvalue weighted by molar-refractivity contribution is 1.04. The first-order valence-corrected chi connectivity index (χ1v) is 6.65. The maximum absolute atomic E-state index is 8.80. The van der Waals surface area contributed by atoms with Crippen molar-refractivity contribution in [1.82, 2.24) is 10.2 Å². The van der Waals surface area contributed by atoms with Gasteiger partial charge in [-0.1, -0.05) is 24.3 Å². The molecule has 4 nitrogen and oxygen atoms in total. The summed E-state index contributed by atoms with van der Waals surface area (Å²) in [6.45, 7) is 0. The summed E-state index contributed by atoms with van der Waals surface area (Å²) in [5.41, 5.74) is 4.57. The number of hydrogen-bond acceptors (Lipinski definition) is 4. The molecular weight excluding hydrogens is 272 g/mol. The predicted molar refractivity (Wildman–Crippen MR) is 82.3 cm³/mol. The molecule has 1 aromatic heterocycles. The SMILES string of the molecule is N#Cc1ccc(-c2ccc(-c3ccc(C#N)cc3)nn2)cc1. The van der Waals surface area contributed by atoms with Crippen LogP contribution < -0.4 is 0 Å². The topological polar surface area (TPSA) is 73.4 Å². The van der Waals surface area contributed by atoms with Crippen LogP contribution in [0.15, 0.2) is 60.7 Å². The fourth-order valence-corrected chi connectivity index (χ4v) is 2.07. The van der Waals surface area contributed by atoms with E-state index in [1.54, 1.807) is 24.3 Å². The second kappa shape index (κ2) is 5.87. The first-order valence-electron chi connectivity index (χ1n) is 6.65. The molecule has 0 saturated carbocycles. The van der Waals surface area contributed by atoms with Gasteiger partial charge in [0.05, 0.1) is 34.7 Å². The molecule has 0 radical (unpaired) electrons. The molecule has 1 heterocycles. The van der Waals surface area contributed by atoms with Crippen LogP contribution in [0.4, 0.5) is 0 Å². The van der Waals surface area contributed by atoms with Gasteiger partial charge in [-0.25, -0.2) is 0 Å². The molecule has 0 bridgehead atoms. The van der Waals surface area contributed by atoms with E-state index in [1.807, 2.05) is 36.4 Å². The smallest absolute Gasteiger partial charge is 0.0991 e. The molecule has 0 unspecified atom stereocenters. The molecule has 0 atom stereocenters. The molecule has 3 aromatic rings. The highest BCUT2D eigenvalue weighted by atomic mass is 15.1. The molecule has 0 spiro atoms. The number of aromatic nitrogens is 2. The Morgan fingerprint density at radius 1 is 0.545 bits per heavy atom. The fourth-order valence-electron chi connectivity index (χ4n) is 2.07. The Morgan fingerprint density at radius 2 is 0.909 bits per heavy atom. The van der Waals surface area contributed by atoms with E-state index in [9.17, 15) is 0 Å². The fraction of sp³-hybridized carbons (Fsp3) is 0. The van der Waals surface area contributed by atoms with E-state index in [-0.39, 0.29) is 0 Å². The van der Waals surface area contributed by atoms with Crippen LogP contribution in [0.3, 0.4) is 0 Å². The third kappa shape index (κ3) is 2.67. The molecule has 0 amide bonds. The van der Waals surface area contributed by atoms with Gasteiger partial charge in [-0.05, 0) is 36.4 Å². The summed E-state index contributed by atoms with van der Waals surface area (Å²) < 4.78 is 0. The normalized spacial score (nSPS) is 9.73. The van der Waals surface area contributed by atoms with Crippen LogP contribution >= 0.6 is 0 Å². The summed E-state index contributed by atoms with van der Waals surface area (Å²) in [4.78, 5) is 0. The van der Waals surface area contributed by atoms with Gasteiger partial charge in [0.2, 0.25) is 0 Å². The van der Waals surface area contributed by atoms with Gasteiger partial charge in [0.1, 0.15) is 0 Å². The summed E-state index contributed by atoms with van der Waals surface area (Å²) in [6, 6.07) is 22.4. The molecular formula is C18H10N4. The highest BCUT2D eigenvalue weighted by molar-refractivity contribution is 5.64. The largest absolute Gasteiger partial charge is 0.192 e. The van der Waals surface area contributed by atoms with E-state index in [0.717, 1.165) is 22.5 Å². The maximum atomic E-state index is 8.80. The number of hydrogen-bond donors (Lipinski definition) is 0. The zero-order valence-corrected chi connectivity index (χ0v) is 11.6. The maximum Gasteiger partial charge on any atom is 0.0991 e. The summed E-state index contributed by atoms with van der Waals surface area (Å²) in [7, 11) is 0. The van der Waals surface area contributed by atoms with Crippen LogP contribution in [0, 0.1) is 22.7 Å².